The summed E-state index contributed by atoms with van der Waals surface area (Å²) in [6.07, 6.45) is 4.89. The maximum absolute atomic E-state index is 11.1. The third-order valence-corrected chi connectivity index (χ3v) is 2.10. The minimum Gasteiger partial charge on any atom is -0.295 e. The van der Waals surface area contributed by atoms with E-state index < -0.39 is 0 Å². The van der Waals surface area contributed by atoms with Gasteiger partial charge < -0.3 is 0 Å². The van der Waals surface area contributed by atoms with Crippen molar-refractivity contribution in [2.75, 3.05) is 0 Å². The highest BCUT2D eigenvalue weighted by Gasteiger charge is 2.11. The molecule has 2 heteroatoms. The van der Waals surface area contributed by atoms with Gasteiger partial charge in [0.05, 0.1) is 0 Å². The van der Waals surface area contributed by atoms with Gasteiger partial charge in [-0.1, -0.05) is 18.0 Å². The SMILES string of the molecule is O=C1CCCCC/C1=C/Cl. The summed E-state index contributed by atoms with van der Waals surface area (Å²) in [6, 6.07) is 0. The van der Waals surface area contributed by atoms with E-state index in [1.165, 1.54) is 12.0 Å². The standard InChI is InChI=1S/C8H11ClO/c9-6-7-4-2-1-3-5-8(7)10/h6H,1-5H2/b7-6-. The second kappa shape index (κ2) is 3.77. The van der Waals surface area contributed by atoms with Crippen molar-refractivity contribution in [2.24, 2.45) is 0 Å². The quantitative estimate of drug-likeness (QED) is 0.391. The monoisotopic (exact) mass is 158 g/mol. The van der Waals surface area contributed by atoms with Crippen LogP contribution in [0.25, 0.3) is 0 Å². The first-order chi connectivity index (χ1) is 4.84. The molecule has 1 fully saturated rings. The molecule has 0 aromatic rings. The van der Waals surface area contributed by atoms with Gasteiger partial charge in [-0.25, -0.2) is 0 Å². The zero-order valence-electron chi connectivity index (χ0n) is 5.90. The van der Waals surface area contributed by atoms with Gasteiger partial charge in [-0.2, -0.15) is 0 Å². The van der Waals surface area contributed by atoms with E-state index in [0.717, 1.165) is 24.8 Å². The Balaban J connectivity index is 2.61. The van der Waals surface area contributed by atoms with E-state index in [1.807, 2.05) is 0 Å². The van der Waals surface area contributed by atoms with Crippen LogP contribution in [-0.2, 0) is 4.79 Å². The number of Topliss-reactive ketones (excluding diaryl/α,β-unsaturated/α-hetero) is 1. The van der Waals surface area contributed by atoms with Crippen LogP contribution < -0.4 is 0 Å². The average molecular weight is 159 g/mol. The molecule has 1 aliphatic rings. The normalized spacial score (nSPS) is 24.9. The molecule has 1 rings (SSSR count). The molecule has 0 amide bonds. The predicted molar refractivity (Wildman–Crippen MR) is 42.0 cm³/mol. The minimum absolute atomic E-state index is 0.243. The molecule has 1 saturated carbocycles. The van der Waals surface area contributed by atoms with Crippen molar-refractivity contribution in [3.05, 3.63) is 11.1 Å². The van der Waals surface area contributed by atoms with E-state index >= 15 is 0 Å². The number of hydrogen-bond donors (Lipinski definition) is 0. The Bertz CT molecular complexity index is 161. The van der Waals surface area contributed by atoms with Crippen molar-refractivity contribution in [3.63, 3.8) is 0 Å². The number of ketones is 1. The molecule has 0 spiro atoms. The van der Waals surface area contributed by atoms with E-state index in [2.05, 4.69) is 0 Å². The van der Waals surface area contributed by atoms with Crippen molar-refractivity contribution in [1.29, 1.82) is 0 Å². The van der Waals surface area contributed by atoms with Gasteiger partial charge in [-0.15, -0.1) is 0 Å². The van der Waals surface area contributed by atoms with Crippen LogP contribution in [0.2, 0.25) is 0 Å². The summed E-state index contributed by atoms with van der Waals surface area (Å²) in [5.41, 5.74) is 2.26. The fourth-order valence-electron chi connectivity index (χ4n) is 1.19. The largest absolute Gasteiger partial charge is 0.295 e. The molecule has 10 heavy (non-hydrogen) atoms. The van der Waals surface area contributed by atoms with Crippen molar-refractivity contribution in [1.82, 2.24) is 0 Å². The number of halogens is 1. The Morgan fingerprint density at radius 2 is 1.90 bits per heavy atom. The molecule has 0 bridgehead atoms. The maximum Gasteiger partial charge on any atom is 0.159 e. The third kappa shape index (κ3) is 1.84. The van der Waals surface area contributed by atoms with Crippen LogP contribution in [-0.4, -0.2) is 5.78 Å². The molecular formula is C8H11ClO. The third-order valence-electron chi connectivity index (χ3n) is 1.84. The van der Waals surface area contributed by atoms with Crippen LogP contribution in [0.3, 0.4) is 0 Å². The minimum atomic E-state index is 0.243. The molecule has 0 aromatic heterocycles. The molecule has 0 aromatic carbocycles. The zero-order chi connectivity index (χ0) is 7.40. The van der Waals surface area contributed by atoms with E-state index in [4.69, 9.17) is 11.6 Å². The molecule has 1 aliphatic carbocycles. The Morgan fingerprint density at radius 1 is 1.20 bits per heavy atom. The second-order valence-corrected chi connectivity index (χ2v) is 2.84. The number of hydrogen-bond acceptors (Lipinski definition) is 1. The molecule has 1 nitrogen and oxygen atoms in total. The van der Waals surface area contributed by atoms with Gasteiger partial charge in [0.1, 0.15) is 0 Å². The molecule has 56 valence electrons. The number of allylic oxidation sites excluding steroid dienone is 1. The van der Waals surface area contributed by atoms with Crippen LogP contribution in [0.5, 0.6) is 0 Å². The van der Waals surface area contributed by atoms with E-state index in [9.17, 15) is 4.79 Å². The smallest absolute Gasteiger partial charge is 0.159 e. The van der Waals surface area contributed by atoms with Gasteiger partial charge in [-0.3, -0.25) is 4.79 Å². The average Bonchev–Trinajstić information content (AvgIpc) is 2.13. The van der Waals surface area contributed by atoms with Crippen LogP contribution in [0.4, 0.5) is 0 Å². The number of carbonyl (C=O) groups excluding carboxylic acids is 1. The Kier molecular flexibility index (Phi) is 2.94. The lowest BCUT2D eigenvalue weighted by Crippen LogP contribution is -1.97. The molecule has 0 radical (unpaired) electrons. The van der Waals surface area contributed by atoms with Gasteiger partial charge in [-0.05, 0) is 19.3 Å². The molecule has 0 unspecified atom stereocenters. The molecule has 0 aliphatic heterocycles. The molecule has 0 saturated heterocycles. The molecular weight excluding hydrogens is 148 g/mol. The van der Waals surface area contributed by atoms with E-state index in [-0.39, 0.29) is 5.78 Å². The Hall–Kier alpha value is -0.300. The highest BCUT2D eigenvalue weighted by atomic mass is 35.5. The van der Waals surface area contributed by atoms with Crippen LogP contribution >= 0.6 is 11.6 Å². The fraction of sp³-hybridized carbons (Fsp3) is 0.625. The number of rotatable bonds is 0. The van der Waals surface area contributed by atoms with Crippen LogP contribution in [0, 0.1) is 0 Å². The van der Waals surface area contributed by atoms with E-state index in [1.54, 1.807) is 0 Å². The summed E-state index contributed by atoms with van der Waals surface area (Å²) >= 11 is 5.46. The summed E-state index contributed by atoms with van der Waals surface area (Å²) in [5, 5.41) is 0. The Morgan fingerprint density at radius 3 is 2.60 bits per heavy atom. The second-order valence-electron chi connectivity index (χ2n) is 2.62. The van der Waals surface area contributed by atoms with Crippen LogP contribution in [0.15, 0.2) is 11.1 Å². The summed E-state index contributed by atoms with van der Waals surface area (Å²) in [4.78, 5) is 11.1. The number of carbonyl (C=O) groups is 1. The Labute approximate surface area is 66.1 Å². The topological polar surface area (TPSA) is 17.1 Å². The summed E-state index contributed by atoms with van der Waals surface area (Å²) < 4.78 is 0. The van der Waals surface area contributed by atoms with Crippen LogP contribution in [0.1, 0.15) is 32.1 Å². The summed E-state index contributed by atoms with van der Waals surface area (Å²) in [5.74, 6) is 0.243. The first kappa shape index (κ1) is 7.80. The highest BCUT2D eigenvalue weighted by molar-refractivity contribution is 6.27. The van der Waals surface area contributed by atoms with Gasteiger partial charge in [0, 0.05) is 17.5 Å². The molecule has 0 heterocycles. The summed E-state index contributed by atoms with van der Waals surface area (Å²) in [6.45, 7) is 0. The van der Waals surface area contributed by atoms with Gasteiger partial charge in [0.2, 0.25) is 0 Å². The first-order valence-electron chi connectivity index (χ1n) is 3.67. The lowest BCUT2D eigenvalue weighted by molar-refractivity contribution is -0.115. The predicted octanol–water partition coefficient (Wildman–Crippen LogP) is 2.64. The first-order valence-corrected chi connectivity index (χ1v) is 4.10. The fourth-order valence-corrected chi connectivity index (χ4v) is 1.42. The molecule has 0 N–H and O–H groups in total. The highest BCUT2D eigenvalue weighted by Crippen LogP contribution is 2.19. The molecule has 0 atom stereocenters. The lowest BCUT2D eigenvalue weighted by atomic mass is 10.1. The lowest BCUT2D eigenvalue weighted by Gasteiger charge is -1.95. The maximum atomic E-state index is 11.1. The van der Waals surface area contributed by atoms with E-state index in [0.29, 0.717) is 6.42 Å². The van der Waals surface area contributed by atoms with Crippen molar-refractivity contribution < 1.29 is 4.79 Å². The zero-order valence-corrected chi connectivity index (χ0v) is 6.66. The van der Waals surface area contributed by atoms with Crippen molar-refractivity contribution >= 4 is 17.4 Å². The summed E-state index contributed by atoms with van der Waals surface area (Å²) in [7, 11) is 0. The van der Waals surface area contributed by atoms with Gasteiger partial charge in [0.25, 0.3) is 0 Å². The van der Waals surface area contributed by atoms with Crippen molar-refractivity contribution in [3.8, 4) is 0 Å². The van der Waals surface area contributed by atoms with Gasteiger partial charge >= 0.3 is 0 Å². The van der Waals surface area contributed by atoms with Gasteiger partial charge in [0.15, 0.2) is 5.78 Å². The van der Waals surface area contributed by atoms with Crippen molar-refractivity contribution in [2.45, 2.75) is 32.1 Å².